The van der Waals surface area contributed by atoms with E-state index in [0.717, 1.165) is 31.7 Å². The van der Waals surface area contributed by atoms with Crippen LogP contribution in [-0.2, 0) is 0 Å². The molecule has 0 saturated carbocycles. The van der Waals surface area contributed by atoms with E-state index in [9.17, 15) is 0 Å². The predicted octanol–water partition coefficient (Wildman–Crippen LogP) is 2.39. The van der Waals surface area contributed by atoms with Crippen molar-refractivity contribution in [1.29, 1.82) is 0 Å². The third-order valence-electron chi connectivity index (χ3n) is 2.88. The molecule has 0 aliphatic rings. The summed E-state index contributed by atoms with van der Waals surface area (Å²) in [7, 11) is 2.09. The van der Waals surface area contributed by atoms with E-state index in [1.165, 1.54) is 11.1 Å². The highest BCUT2D eigenvalue weighted by Gasteiger charge is 2.00. The molecule has 0 heterocycles. The molecular formula is C15H25NO2. The summed E-state index contributed by atoms with van der Waals surface area (Å²) < 4.78 is 5.75. The number of ether oxygens (including phenoxy) is 1. The quantitative estimate of drug-likeness (QED) is 0.720. The number of unbranched alkanes of at least 4 members (excludes halogenated alkanes) is 1. The van der Waals surface area contributed by atoms with Crippen molar-refractivity contribution in [2.45, 2.75) is 26.7 Å². The lowest BCUT2D eigenvalue weighted by Crippen LogP contribution is -2.25. The van der Waals surface area contributed by atoms with Crippen molar-refractivity contribution >= 4 is 0 Å². The van der Waals surface area contributed by atoms with Gasteiger partial charge >= 0.3 is 0 Å². The molecule has 0 bridgehead atoms. The van der Waals surface area contributed by atoms with Crippen LogP contribution in [0.3, 0.4) is 0 Å². The van der Waals surface area contributed by atoms with Crippen molar-refractivity contribution in [3.8, 4) is 5.75 Å². The van der Waals surface area contributed by atoms with Gasteiger partial charge in [-0.2, -0.15) is 0 Å². The number of hydrogen-bond donors (Lipinski definition) is 1. The topological polar surface area (TPSA) is 32.7 Å². The van der Waals surface area contributed by atoms with Crippen LogP contribution in [0.2, 0.25) is 0 Å². The smallest absolute Gasteiger partial charge is 0.119 e. The highest BCUT2D eigenvalue weighted by molar-refractivity contribution is 5.32. The van der Waals surface area contributed by atoms with Crippen molar-refractivity contribution in [1.82, 2.24) is 4.90 Å². The molecule has 0 unspecified atom stereocenters. The molecule has 1 aromatic rings. The Labute approximate surface area is 110 Å². The Kier molecular flexibility index (Phi) is 6.76. The maximum absolute atomic E-state index is 8.71. The molecule has 3 heteroatoms. The van der Waals surface area contributed by atoms with E-state index in [-0.39, 0.29) is 6.61 Å². The zero-order chi connectivity index (χ0) is 13.4. The van der Waals surface area contributed by atoms with Crippen molar-refractivity contribution in [3.63, 3.8) is 0 Å². The molecule has 0 radical (unpaired) electrons. The first-order valence-electron chi connectivity index (χ1n) is 6.62. The minimum absolute atomic E-state index is 0.285. The van der Waals surface area contributed by atoms with Gasteiger partial charge < -0.3 is 14.7 Å². The average Bonchev–Trinajstić information content (AvgIpc) is 2.28. The lowest BCUT2D eigenvalue weighted by molar-refractivity contribution is 0.225. The molecule has 0 amide bonds. The fourth-order valence-corrected chi connectivity index (χ4v) is 1.94. The number of hydrogen-bond acceptors (Lipinski definition) is 3. The molecule has 1 aromatic carbocycles. The van der Waals surface area contributed by atoms with Crippen LogP contribution in [0.25, 0.3) is 0 Å². The average molecular weight is 251 g/mol. The van der Waals surface area contributed by atoms with Crippen LogP contribution in [0.4, 0.5) is 0 Å². The number of likely N-dealkylation sites (N-methyl/N-ethyl adjacent to an activating group) is 1. The Morgan fingerprint density at radius 2 is 1.72 bits per heavy atom. The van der Waals surface area contributed by atoms with Gasteiger partial charge in [0.15, 0.2) is 0 Å². The fourth-order valence-electron chi connectivity index (χ4n) is 1.94. The van der Waals surface area contributed by atoms with E-state index in [0.29, 0.717) is 6.61 Å². The SMILES string of the molecule is Cc1cc(C)cc(OCCN(C)CCCCO)c1. The molecule has 3 nitrogen and oxygen atoms in total. The van der Waals surface area contributed by atoms with Gasteiger partial charge in [-0.25, -0.2) is 0 Å². The van der Waals surface area contributed by atoms with E-state index in [1.807, 2.05) is 0 Å². The van der Waals surface area contributed by atoms with E-state index in [1.54, 1.807) is 0 Å². The second-order valence-electron chi connectivity index (χ2n) is 4.91. The van der Waals surface area contributed by atoms with Crippen LogP contribution < -0.4 is 4.74 Å². The van der Waals surface area contributed by atoms with Gasteiger partial charge in [-0.05, 0) is 63.5 Å². The van der Waals surface area contributed by atoms with Gasteiger partial charge in [0, 0.05) is 13.2 Å². The zero-order valence-corrected chi connectivity index (χ0v) is 11.8. The monoisotopic (exact) mass is 251 g/mol. The number of aliphatic hydroxyl groups is 1. The Morgan fingerprint density at radius 3 is 2.33 bits per heavy atom. The number of aryl methyl sites for hydroxylation is 2. The summed E-state index contributed by atoms with van der Waals surface area (Å²) in [5, 5.41) is 8.71. The third kappa shape index (κ3) is 6.03. The molecule has 0 aliphatic carbocycles. The van der Waals surface area contributed by atoms with E-state index in [4.69, 9.17) is 9.84 Å². The second-order valence-corrected chi connectivity index (χ2v) is 4.91. The van der Waals surface area contributed by atoms with Gasteiger partial charge in [-0.3, -0.25) is 0 Å². The minimum atomic E-state index is 0.285. The zero-order valence-electron chi connectivity index (χ0n) is 11.8. The van der Waals surface area contributed by atoms with Gasteiger partial charge in [0.25, 0.3) is 0 Å². The summed E-state index contributed by atoms with van der Waals surface area (Å²) >= 11 is 0. The van der Waals surface area contributed by atoms with Crippen LogP contribution >= 0.6 is 0 Å². The Bertz CT molecular complexity index is 332. The van der Waals surface area contributed by atoms with Crippen LogP contribution in [0.5, 0.6) is 5.75 Å². The molecule has 0 fully saturated rings. The number of nitrogens with zero attached hydrogens (tertiary/aromatic N) is 1. The van der Waals surface area contributed by atoms with Crippen molar-refractivity contribution in [2.24, 2.45) is 0 Å². The normalized spacial score (nSPS) is 10.9. The maximum Gasteiger partial charge on any atom is 0.119 e. The molecule has 1 rings (SSSR count). The van der Waals surface area contributed by atoms with E-state index in [2.05, 4.69) is 44.0 Å². The van der Waals surface area contributed by atoms with E-state index < -0.39 is 0 Å². The van der Waals surface area contributed by atoms with Crippen LogP contribution in [-0.4, -0.2) is 43.4 Å². The summed E-state index contributed by atoms with van der Waals surface area (Å²) in [6.45, 7) is 7.09. The summed E-state index contributed by atoms with van der Waals surface area (Å²) in [5.41, 5.74) is 2.47. The Balaban J connectivity index is 2.24. The van der Waals surface area contributed by atoms with Gasteiger partial charge in [0.05, 0.1) is 0 Å². The van der Waals surface area contributed by atoms with Crippen molar-refractivity contribution in [3.05, 3.63) is 29.3 Å². The lowest BCUT2D eigenvalue weighted by atomic mass is 10.1. The van der Waals surface area contributed by atoms with Crippen LogP contribution in [0, 0.1) is 13.8 Å². The molecule has 0 saturated heterocycles. The molecular weight excluding hydrogens is 226 g/mol. The highest BCUT2D eigenvalue weighted by atomic mass is 16.5. The highest BCUT2D eigenvalue weighted by Crippen LogP contribution is 2.15. The second kappa shape index (κ2) is 8.11. The van der Waals surface area contributed by atoms with Gasteiger partial charge in [-0.1, -0.05) is 6.07 Å². The molecule has 1 N–H and O–H groups in total. The lowest BCUT2D eigenvalue weighted by Gasteiger charge is -2.16. The van der Waals surface area contributed by atoms with Crippen molar-refractivity contribution in [2.75, 3.05) is 33.4 Å². The molecule has 0 aromatic heterocycles. The molecule has 18 heavy (non-hydrogen) atoms. The Morgan fingerprint density at radius 1 is 1.06 bits per heavy atom. The standard InChI is InChI=1S/C15H25NO2/c1-13-10-14(2)12-15(11-13)18-9-7-16(3)6-4-5-8-17/h10-12,17H,4-9H2,1-3H3. The van der Waals surface area contributed by atoms with Gasteiger partial charge in [0.1, 0.15) is 12.4 Å². The molecule has 102 valence electrons. The molecule has 0 aliphatic heterocycles. The first kappa shape index (κ1) is 15.0. The number of aliphatic hydroxyl groups excluding tert-OH is 1. The summed E-state index contributed by atoms with van der Waals surface area (Å²) in [6, 6.07) is 6.28. The van der Waals surface area contributed by atoms with Gasteiger partial charge in [0.2, 0.25) is 0 Å². The fraction of sp³-hybridized carbons (Fsp3) is 0.600. The molecule has 0 spiro atoms. The first-order valence-corrected chi connectivity index (χ1v) is 6.62. The summed E-state index contributed by atoms with van der Waals surface area (Å²) in [5.74, 6) is 0.955. The maximum atomic E-state index is 8.71. The minimum Gasteiger partial charge on any atom is -0.492 e. The summed E-state index contributed by atoms with van der Waals surface area (Å²) in [4.78, 5) is 2.23. The molecule has 0 atom stereocenters. The predicted molar refractivity (Wildman–Crippen MR) is 75.2 cm³/mol. The van der Waals surface area contributed by atoms with Gasteiger partial charge in [-0.15, -0.1) is 0 Å². The van der Waals surface area contributed by atoms with E-state index >= 15 is 0 Å². The first-order chi connectivity index (χ1) is 8.61. The summed E-state index contributed by atoms with van der Waals surface area (Å²) in [6.07, 6.45) is 1.92. The number of benzene rings is 1. The Hall–Kier alpha value is -1.06. The number of rotatable bonds is 8. The third-order valence-corrected chi connectivity index (χ3v) is 2.88. The largest absolute Gasteiger partial charge is 0.492 e. The van der Waals surface area contributed by atoms with Crippen LogP contribution in [0.15, 0.2) is 18.2 Å². The van der Waals surface area contributed by atoms with Crippen molar-refractivity contribution < 1.29 is 9.84 Å². The van der Waals surface area contributed by atoms with Crippen LogP contribution in [0.1, 0.15) is 24.0 Å².